The predicted molar refractivity (Wildman–Crippen MR) is 89.2 cm³/mol. The molecule has 3 amide bonds. The number of nitrogens with zero attached hydrogens (tertiary/aromatic N) is 2. The van der Waals surface area contributed by atoms with Crippen LogP contribution in [0.3, 0.4) is 0 Å². The van der Waals surface area contributed by atoms with Crippen LogP contribution in [-0.2, 0) is 4.74 Å². The number of carbonyl (C=O) groups excluding carboxylic acids is 2. The van der Waals surface area contributed by atoms with Gasteiger partial charge >= 0.3 is 6.03 Å². The van der Waals surface area contributed by atoms with Crippen molar-refractivity contribution in [1.82, 2.24) is 20.1 Å². The van der Waals surface area contributed by atoms with Gasteiger partial charge in [-0.15, -0.1) is 0 Å². The number of amides is 3. The van der Waals surface area contributed by atoms with Crippen LogP contribution in [0.2, 0.25) is 0 Å². The number of aromatic nitrogens is 1. The zero-order chi connectivity index (χ0) is 16.4. The average Bonchev–Trinajstić information content (AvgIpc) is 3.00. The number of rotatable bonds is 0. The summed E-state index contributed by atoms with van der Waals surface area (Å²) in [6.07, 6.45) is 2.19. The lowest BCUT2D eigenvalue weighted by Crippen LogP contribution is -2.65. The van der Waals surface area contributed by atoms with Gasteiger partial charge in [-0.25, -0.2) is 4.79 Å². The van der Waals surface area contributed by atoms with Crippen LogP contribution in [0.25, 0.3) is 0 Å². The highest BCUT2D eigenvalue weighted by molar-refractivity contribution is 9.13. The van der Waals surface area contributed by atoms with E-state index in [0.29, 0.717) is 24.3 Å². The molecule has 9 heteroatoms. The number of ether oxygens (including phenoxy) is 1. The third-order valence-electron chi connectivity index (χ3n) is 6.36. The van der Waals surface area contributed by atoms with Crippen LogP contribution in [0.1, 0.15) is 29.5 Å². The minimum absolute atomic E-state index is 0.0226. The molecule has 4 aliphatic heterocycles. The monoisotopic (exact) mass is 456 g/mol. The maximum Gasteiger partial charge on any atom is 0.318 e. The normalized spacial score (nSPS) is 44.1. The number of hydrogen-bond acceptors (Lipinski definition) is 3. The van der Waals surface area contributed by atoms with Crippen LogP contribution in [0.4, 0.5) is 4.79 Å². The minimum atomic E-state index is -0.705. The molecule has 126 valence electrons. The van der Waals surface area contributed by atoms with E-state index in [1.165, 1.54) is 0 Å². The van der Waals surface area contributed by atoms with Gasteiger partial charge in [0.25, 0.3) is 5.91 Å². The highest BCUT2D eigenvalue weighted by Crippen LogP contribution is 2.57. The van der Waals surface area contributed by atoms with Gasteiger partial charge in [0, 0.05) is 12.5 Å². The van der Waals surface area contributed by atoms with Crippen LogP contribution in [0.15, 0.2) is 15.1 Å². The van der Waals surface area contributed by atoms with Crippen LogP contribution >= 0.6 is 31.9 Å². The van der Waals surface area contributed by atoms with Crippen molar-refractivity contribution in [2.75, 3.05) is 6.54 Å². The molecule has 6 rings (SSSR count). The second-order valence-corrected chi connectivity index (χ2v) is 8.94. The van der Waals surface area contributed by atoms with Gasteiger partial charge in [-0.3, -0.25) is 4.79 Å². The van der Waals surface area contributed by atoms with Gasteiger partial charge in [0.1, 0.15) is 10.3 Å². The molecule has 2 N–H and O–H groups in total. The molecule has 1 aromatic heterocycles. The highest BCUT2D eigenvalue weighted by atomic mass is 79.9. The van der Waals surface area contributed by atoms with Crippen molar-refractivity contribution in [2.45, 2.75) is 36.9 Å². The zero-order valence-electron chi connectivity index (χ0n) is 12.5. The molecule has 6 atom stereocenters. The number of nitrogens with one attached hydrogen (secondary N) is 2. The molecule has 0 bridgehead atoms. The lowest BCUT2D eigenvalue weighted by molar-refractivity contribution is 0.0100. The van der Waals surface area contributed by atoms with E-state index in [-0.39, 0.29) is 30.1 Å². The molecule has 0 unspecified atom stereocenters. The topological polar surface area (TPSA) is 78.9 Å². The number of carbonyl (C=O) groups is 2. The Hall–Kier alpha value is -1.06. The maximum absolute atomic E-state index is 13.2. The van der Waals surface area contributed by atoms with Gasteiger partial charge in [-0.05, 0) is 56.7 Å². The van der Waals surface area contributed by atoms with E-state index >= 15 is 0 Å². The van der Waals surface area contributed by atoms with E-state index in [1.54, 1.807) is 0 Å². The van der Waals surface area contributed by atoms with Crippen molar-refractivity contribution in [1.29, 1.82) is 0 Å². The van der Waals surface area contributed by atoms with E-state index in [9.17, 15) is 9.59 Å². The van der Waals surface area contributed by atoms with Gasteiger partial charge in [0.05, 0.1) is 16.7 Å². The number of halogens is 2. The fourth-order valence-corrected chi connectivity index (χ4v) is 6.31. The van der Waals surface area contributed by atoms with Crippen LogP contribution in [0.5, 0.6) is 0 Å². The number of fused-ring (bicyclic) bond motifs is 4. The Morgan fingerprint density at radius 1 is 1.25 bits per heavy atom. The molecule has 1 aromatic rings. The summed E-state index contributed by atoms with van der Waals surface area (Å²) in [6.45, 7) is 0.676. The summed E-state index contributed by atoms with van der Waals surface area (Å²) >= 11 is 7.05. The Morgan fingerprint density at radius 2 is 2.04 bits per heavy atom. The molecular weight excluding hydrogens is 444 g/mol. The third-order valence-corrected chi connectivity index (χ3v) is 8.31. The Kier molecular flexibility index (Phi) is 2.47. The van der Waals surface area contributed by atoms with Crippen molar-refractivity contribution in [3.8, 4) is 0 Å². The van der Waals surface area contributed by atoms with E-state index in [2.05, 4.69) is 42.5 Å². The summed E-state index contributed by atoms with van der Waals surface area (Å²) in [5.41, 5.74) is -0.109. The van der Waals surface area contributed by atoms with Crippen molar-refractivity contribution in [3.05, 3.63) is 20.8 Å². The largest absolute Gasteiger partial charge is 0.370 e. The van der Waals surface area contributed by atoms with Crippen LogP contribution in [0, 0.1) is 11.8 Å². The SMILES string of the molecule is O=C1N[C@H]2n3c(cc(Br)c3Br)C(=O)N3C[C@H]4C[C@H]5O[C@H]5C[C@H]4[C@]23N1. The average molecular weight is 458 g/mol. The fraction of sp³-hybridized carbons (Fsp3) is 0.600. The number of urea groups is 1. The van der Waals surface area contributed by atoms with Crippen molar-refractivity contribution in [3.63, 3.8) is 0 Å². The van der Waals surface area contributed by atoms with E-state index in [0.717, 1.165) is 21.9 Å². The first-order valence-electron chi connectivity index (χ1n) is 8.13. The zero-order valence-corrected chi connectivity index (χ0v) is 15.6. The fourth-order valence-electron chi connectivity index (χ4n) is 5.39. The summed E-state index contributed by atoms with van der Waals surface area (Å²) in [7, 11) is 0. The maximum atomic E-state index is 13.2. The molecule has 1 saturated carbocycles. The summed E-state index contributed by atoms with van der Waals surface area (Å²) in [5, 5.41) is 6.16. The minimum Gasteiger partial charge on any atom is -0.370 e. The smallest absolute Gasteiger partial charge is 0.318 e. The number of hydrogen-bond donors (Lipinski definition) is 2. The summed E-state index contributed by atoms with van der Waals surface area (Å²) in [6, 6.07) is 1.60. The Balaban J connectivity index is 1.58. The molecule has 3 saturated heterocycles. The lowest BCUT2D eigenvalue weighted by Gasteiger charge is -2.47. The summed E-state index contributed by atoms with van der Waals surface area (Å²) in [4.78, 5) is 27.4. The highest BCUT2D eigenvalue weighted by Gasteiger charge is 2.70. The molecule has 5 aliphatic rings. The van der Waals surface area contributed by atoms with Gasteiger partial charge in [0.15, 0.2) is 11.8 Å². The number of epoxide rings is 1. The summed E-state index contributed by atoms with van der Waals surface area (Å²) < 4.78 is 9.23. The van der Waals surface area contributed by atoms with Crippen LogP contribution in [-0.4, -0.2) is 45.8 Å². The molecule has 0 radical (unpaired) electrons. The molecule has 7 nitrogen and oxygen atoms in total. The van der Waals surface area contributed by atoms with Gasteiger partial charge in [-0.2, -0.15) is 0 Å². The molecule has 1 aliphatic carbocycles. The van der Waals surface area contributed by atoms with Crippen molar-refractivity contribution >= 4 is 43.8 Å². The molecule has 4 fully saturated rings. The molecule has 0 aromatic carbocycles. The first-order valence-corrected chi connectivity index (χ1v) is 9.71. The second-order valence-electron chi connectivity index (χ2n) is 7.33. The molecule has 24 heavy (non-hydrogen) atoms. The third kappa shape index (κ3) is 1.44. The van der Waals surface area contributed by atoms with Crippen LogP contribution < -0.4 is 10.6 Å². The van der Waals surface area contributed by atoms with Crippen molar-refractivity contribution in [2.24, 2.45) is 11.8 Å². The predicted octanol–water partition coefficient (Wildman–Crippen LogP) is 1.78. The Bertz CT molecular complexity index is 826. The van der Waals surface area contributed by atoms with Crippen molar-refractivity contribution < 1.29 is 14.3 Å². The standard InChI is InChI=1S/C15H14Br2N4O3/c16-7-3-8-12(22)20-4-5-1-9-10(24-9)2-6(5)15(20)13(18-14(23)19-15)21(8)11(7)17/h3,5-6,9-10,13H,1-2,4H2,(H2,18,19,23)/t5-,6-,9-,10+,13+,15-/m1/s1. The Morgan fingerprint density at radius 3 is 2.88 bits per heavy atom. The van der Waals surface area contributed by atoms with Gasteiger partial charge in [0.2, 0.25) is 0 Å². The molecular formula is C15H14Br2N4O3. The summed E-state index contributed by atoms with van der Waals surface area (Å²) in [5.74, 6) is 0.549. The second kappa shape index (κ2) is 4.19. The Labute approximate surface area is 154 Å². The molecule has 5 heterocycles. The first-order chi connectivity index (χ1) is 11.5. The molecule has 1 spiro atoms. The first kappa shape index (κ1) is 14.1. The van der Waals surface area contributed by atoms with Gasteiger partial charge in [-0.1, -0.05) is 0 Å². The van der Waals surface area contributed by atoms with E-state index in [4.69, 9.17) is 4.74 Å². The quantitative estimate of drug-likeness (QED) is 0.583. The van der Waals surface area contributed by atoms with E-state index < -0.39 is 5.66 Å². The van der Waals surface area contributed by atoms with Gasteiger partial charge < -0.3 is 24.8 Å². The van der Waals surface area contributed by atoms with E-state index in [1.807, 2.05) is 15.5 Å². The lowest BCUT2D eigenvalue weighted by atomic mass is 9.74.